The monoisotopic (exact) mass is 720 g/mol. The third-order valence-electron chi connectivity index (χ3n) is 12.4. The van der Waals surface area contributed by atoms with Gasteiger partial charge in [0, 0.05) is 13.0 Å². The van der Waals surface area contributed by atoms with E-state index >= 15 is 0 Å². The highest BCUT2D eigenvalue weighted by Gasteiger charge is 2.39. The Labute approximate surface area is 296 Å². The maximum absolute atomic E-state index is 12.8. The normalized spacial score (nSPS) is 31.6. The van der Waals surface area contributed by atoms with Crippen molar-refractivity contribution in [2.24, 2.45) is 35.5 Å². The molecule has 278 valence electrons. The van der Waals surface area contributed by atoms with Crippen LogP contribution in [0.2, 0.25) is 0 Å². The van der Waals surface area contributed by atoms with Gasteiger partial charge >= 0.3 is 0 Å². The highest BCUT2D eigenvalue weighted by Crippen LogP contribution is 2.44. The van der Waals surface area contributed by atoms with E-state index in [2.05, 4.69) is 39.1 Å². The molecule has 0 saturated heterocycles. The van der Waals surface area contributed by atoms with Gasteiger partial charge in [0.25, 0.3) is 10.3 Å². The van der Waals surface area contributed by atoms with Crippen LogP contribution in [0.4, 0.5) is 0 Å². The molecule has 2 aromatic rings. The van der Waals surface area contributed by atoms with E-state index in [-0.39, 0.29) is 33.7 Å². The third-order valence-corrected chi connectivity index (χ3v) is 15.6. The van der Waals surface area contributed by atoms with Crippen LogP contribution in [0.5, 0.6) is 0 Å². The van der Waals surface area contributed by atoms with Crippen molar-refractivity contribution in [2.75, 3.05) is 11.5 Å². The largest absolute Gasteiger partial charge is 0.266 e. The van der Waals surface area contributed by atoms with E-state index in [0.29, 0.717) is 23.7 Å². The highest BCUT2D eigenvalue weighted by molar-refractivity contribution is 7.91. The second-order valence-electron chi connectivity index (χ2n) is 15.7. The minimum atomic E-state index is -3.38. The van der Waals surface area contributed by atoms with Gasteiger partial charge in [-0.25, -0.2) is 26.8 Å². The SMILES string of the molecule is CCC1CCC2CS(=O)(=O)c3n[nH]c(n3)CCCCCCCCCC12.CCC1CCC2CS(=O)(=O)c3ncn(n3)CCCCCCCCC12. The summed E-state index contributed by atoms with van der Waals surface area (Å²) in [5.74, 6) is 4.28. The number of hydrogen-bond donors (Lipinski definition) is 1. The Hall–Kier alpha value is -1.82. The van der Waals surface area contributed by atoms with Crippen molar-refractivity contribution in [3.8, 4) is 0 Å². The van der Waals surface area contributed by atoms with Gasteiger partial charge in [-0.2, -0.15) is 0 Å². The maximum Gasteiger partial charge on any atom is 0.266 e. The Morgan fingerprint density at radius 2 is 1.16 bits per heavy atom. The van der Waals surface area contributed by atoms with Crippen LogP contribution < -0.4 is 0 Å². The molecule has 0 radical (unpaired) electrons. The third kappa shape index (κ3) is 10.8. The summed E-state index contributed by atoms with van der Waals surface area (Å²) in [5.41, 5.74) is 0. The molecule has 2 aliphatic heterocycles. The predicted octanol–water partition coefficient (Wildman–Crippen LogP) is 8.16. The van der Waals surface area contributed by atoms with E-state index < -0.39 is 19.7 Å². The fourth-order valence-electron chi connectivity index (χ4n) is 9.54. The number of nitrogens with zero attached hydrogens (tertiary/aromatic N) is 5. The van der Waals surface area contributed by atoms with E-state index in [4.69, 9.17) is 0 Å². The zero-order valence-corrected chi connectivity index (χ0v) is 32.0. The molecular weight excluding hydrogens is 657 g/mol. The minimum absolute atomic E-state index is 0.0216. The quantitative estimate of drug-likeness (QED) is 0.328. The second kappa shape index (κ2) is 18.6. The number of fused-ring (bicyclic) bond motifs is 6. The Bertz CT molecular complexity index is 1490. The van der Waals surface area contributed by atoms with E-state index in [9.17, 15) is 16.8 Å². The molecule has 6 unspecified atom stereocenters. The topological polar surface area (TPSA) is 141 Å². The molecule has 49 heavy (non-hydrogen) atoms. The number of hydrogen-bond acceptors (Lipinski definition) is 8. The first-order valence-electron chi connectivity index (χ1n) is 20.0. The van der Waals surface area contributed by atoms with Gasteiger partial charge in [-0.3, -0.25) is 9.78 Å². The molecule has 4 aliphatic rings. The molecule has 12 heteroatoms. The number of aryl methyl sites for hydroxylation is 2. The van der Waals surface area contributed by atoms with Crippen LogP contribution in [0.25, 0.3) is 0 Å². The van der Waals surface area contributed by atoms with Gasteiger partial charge in [-0.1, -0.05) is 97.3 Å². The molecule has 4 heterocycles. The number of aromatic nitrogens is 6. The number of H-pyrrole nitrogens is 1. The van der Waals surface area contributed by atoms with Gasteiger partial charge in [0.2, 0.25) is 19.7 Å². The van der Waals surface area contributed by atoms with Crippen molar-refractivity contribution >= 4 is 19.7 Å². The molecule has 4 bridgehead atoms. The lowest BCUT2D eigenvalue weighted by atomic mass is 9.84. The van der Waals surface area contributed by atoms with Gasteiger partial charge in [0.15, 0.2) is 0 Å². The molecular formula is C37H64N6O4S2. The zero-order chi connectivity index (χ0) is 34.7. The van der Waals surface area contributed by atoms with E-state index in [0.717, 1.165) is 44.5 Å². The molecule has 10 nitrogen and oxygen atoms in total. The summed E-state index contributed by atoms with van der Waals surface area (Å²) < 4.78 is 52.9. The first kappa shape index (κ1) is 38.4. The number of aromatic amines is 1. The van der Waals surface area contributed by atoms with Crippen molar-refractivity contribution < 1.29 is 16.8 Å². The van der Waals surface area contributed by atoms with Crippen LogP contribution in [0.3, 0.4) is 0 Å². The van der Waals surface area contributed by atoms with Gasteiger partial charge in [-0.15, -0.1) is 10.2 Å². The fraction of sp³-hybridized carbons (Fsp3) is 0.892. The summed E-state index contributed by atoms with van der Waals surface area (Å²) in [5, 5.41) is 11.2. The van der Waals surface area contributed by atoms with Crippen LogP contribution in [0.15, 0.2) is 16.6 Å². The van der Waals surface area contributed by atoms with Crippen molar-refractivity contribution in [1.29, 1.82) is 0 Å². The van der Waals surface area contributed by atoms with Crippen LogP contribution >= 0.6 is 0 Å². The van der Waals surface area contributed by atoms with Crippen molar-refractivity contribution in [1.82, 2.24) is 29.9 Å². The van der Waals surface area contributed by atoms with Crippen molar-refractivity contribution in [2.45, 2.75) is 172 Å². The average molecular weight is 721 g/mol. The smallest absolute Gasteiger partial charge is 0.262 e. The molecule has 0 spiro atoms. The van der Waals surface area contributed by atoms with Gasteiger partial charge < -0.3 is 0 Å². The lowest BCUT2D eigenvalue weighted by molar-refractivity contribution is 0.290. The molecule has 2 saturated carbocycles. The van der Waals surface area contributed by atoms with Crippen LogP contribution in [0.1, 0.15) is 155 Å². The highest BCUT2D eigenvalue weighted by atomic mass is 32.2. The Morgan fingerprint density at radius 1 is 0.653 bits per heavy atom. The van der Waals surface area contributed by atoms with Crippen molar-refractivity contribution in [3.05, 3.63) is 12.2 Å². The predicted molar refractivity (Wildman–Crippen MR) is 193 cm³/mol. The number of nitrogens with one attached hydrogen (secondary N) is 1. The van der Waals surface area contributed by atoms with E-state index in [1.54, 1.807) is 11.0 Å². The van der Waals surface area contributed by atoms with Crippen LogP contribution in [-0.4, -0.2) is 58.3 Å². The first-order valence-corrected chi connectivity index (χ1v) is 23.3. The molecule has 0 aromatic carbocycles. The fourth-order valence-corrected chi connectivity index (χ4v) is 12.7. The maximum atomic E-state index is 12.8. The van der Waals surface area contributed by atoms with Gasteiger partial charge in [0.05, 0.1) is 11.5 Å². The van der Waals surface area contributed by atoms with Gasteiger partial charge in [0.1, 0.15) is 12.2 Å². The van der Waals surface area contributed by atoms with E-state index in [1.807, 2.05) is 0 Å². The molecule has 0 amide bonds. The summed E-state index contributed by atoms with van der Waals surface area (Å²) in [6.45, 7) is 5.27. The first-order chi connectivity index (χ1) is 23.7. The standard InChI is InChI=1S/C19H33N3O2S.C18H31N3O2S/c1-2-15-12-13-16-14-25(23,24)19-20-18(21-22-19)11-9-7-5-3-4-6-8-10-17(15)16;1-2-15-10-11-16-13-24(22,23)18-19-14-21(20-18)12-8-6-4-3-5-7-9-17(15)16/h15-17H,2-14H2,1H3,(H,20,21,22);14-17H,2-13H2,1H3. The summed E-state index contributed by atoms with van der Waals surface area (Å²) >= 11 is 0. The van der Waals surface area contributed by atoms with E-state index in [1.165, 1.54) is 109 Å². The molecule has 1 N–H and O–H groups in total. The summed E-state index contributed by atoms with van der Waals surface area (Å²) in [6.07, 6.45) is 27.6. The summed E-state index contributed by atoms with van der Waals surface area (Å²) in [4.78, 5) is 8.39. The molecule has 2 aromatic heterocycles. The Balaban J connectivity index is 0.000000191. The molecule has 6 rings (SSSR count). The molecule has 6 atom stereocenters. The lowest BCUT2D eigenvalue weighted by Gasteiger charge is -2.24. The Kier molecular flexibility index (Phi) is 14.6. The lowest BCUT2D eigenvalue weighted by Crippen LogP contribution is -2.23. The van der Waals surface area contributed by atoms with Crippen LogP contribution in [0, 0.1) is 35.5 Å². The zero-order valence-electron chi connectivity index (χ0n) is 30.4. The van der Waals surface area contributed by atoms with Gasteiger partial charge in [-0.05, 0) is 86.9 Å². The molecule has 2 fully saturated rings. The summed E-state index contributed by atoms with van der Waals surface area (Å²) in [6, 6.07) is 0. The summed E-state index contributed by atoms with van der Waals surface area (Å²) in [7, 11) is -6.75. The van der Waals surface area contributed by atoms with Crippen LogP contribution in [-0.2, 0) is 32.6 Å². The second-order valence-corrected chi connectivity index (χ2v) is 19.5. The number of rotatable bonds is 2. The minimum Gasteiger partial charge on any atom is -0.262 e. The number of sulfone groups is 2. The molecule has 2 aliphatic carbocycles. The average Bonchev–Trinajstić information content (AvgIpc) is 3.89. The van der Waals surface area contributed by atoms with Crippen molar-refractivity contribution in [3.63, 3.8) is 0 Å². The Morgan fingerprint density at radius 3 is 1.73 bits per heavy atom.